The van der Waals surface area contributed by atoms with Crippen molar-refractivity contribution >= 4 is 11.9 Å². The third kappa shape index (κ3) is 8.77. The molecule has 3 fully saturated rings. The second kappa shape index (κ2) is 17.3. The molecule has 0 spiro atoms. The van der Waals surface area contributed by atoms with Crippen LogP contribution in [-0.2, 0) is 14.3 Å². The summed E-state index contributed by atoms with van der Waals surface area (Å²) < 4.78 is 5.96. The average Bonchev–Trinajstić information content (AvgIpc) is 3.39. The molecular formula is C39H70N4O3. The SMILES string of the molecule is CC(C)CCC[C@@H](C)[C@H]1CC[C@H]2[C@@H]3CC=C4C[C@@H](OC(=O)C(=O)N(CCCN)CCCCNCCCN)CC[C@]4(C)C3CC[C@]12C. The summed E-state index contributed by atoms with van der Waals surface area (Å²) in [5.41, 5.74) is 13.5. The predicted octanol–water partition coefficient (Wildman–Crippen LogP) is 6.84. The maximum atomic E-state index is 13.2. The molecule has 0 aromatic rings. The highest BCUT2D eigenvalue weighted by atomic mass is 16.5. The summed E-state index contributed by atoms with van der Waals surface area (Å²) in [6.45, 7) is 16.5. The Kier molecular flexibility index (Phi) is 14.0. The molecule has 7 nitrogen and oxygen atoms in total. The third-order valence-electron chi connectivity index (χ3n) is 13.2. The molecule has 0 bridgehead atoms. The summed E-state index contributed by atoms with van der Waals surface area (Å²) in [6, 6.07) is 0. The van der Waals surface area contributed by atoms with Crippen molar-refractivity contribution in [2.75, 3.05) is 39.3 Å². The quantitative estimate of drug-likeness (QED) is 0.0694. The van der Waals surface area contributed by atoms with Crippen LogP contribution in [0.4, 0.5) is 0 Å². The van der Waals surface area contributed by atoms with Gasteiger partial charge in [0.15, 0.2) is 0 Å². The maximum Gasteiger partial charge on any atom is 0.397 e. The fraction of sp³-hybridized carbons (Fsp3) is 0.897. The number of fused-ring (bicyclic) bond motifs is 5. The van der Waals surface area contributed by atoms with E-state index in [1.807, 2.05) is 0 Å². The topological polar surface area (TPSA) is 111 Å². The van der Waals surface area contributed by atoms with Crippen molar-refractivity contribution in [3.05, 3.63) is 11.6 Å². The lowest BCUT2D eigenvalue weighted by Gasteiger charge is -2.58. The zero-order chi connectivity index (χ0) is 33.3. The van der Waals surface area contributed by atoms with Crippen molar-refractivity contribution in [1.82, 2.24) is 10.2 Å². The largest absolute Gasteiger partial charge is 0.455 e. The molecule has 46 heavy (non-hydrogen) atoms. The Hall–Kier alpha value is -1.44. The summed E-state index contributed by atoms with van der Waals surface area (Å²) in [6.07, 6.45) is 19.3. The van der Waals surface area contributed by atoms with E-state index in [-0.39, 0.29) is 11.5 Å². The summed E-state index contributed by atoms with van der Waals surface area (Å²) in [5, 5.41) is 3.38. The molecule has 4 aliphatic carbocycles. The first-order valence-corrected chi connectivity index (χ1v) is 19.3. The molecule has 0 aromatic carbocycles. The molecule has 0 heterocycles. The van der Waals surface area contributed by atoms with Crippen molar-refractivity contribution in [2.45, 2.75) is 137 Å². The maximum absolute atomic E-state index is 13.2. The molecule has 0 saturated heterocycles. The van der Waals surface area contributed by atoms with Gasteiger partial charge in [0.05, 0.1) is 0 Å². The van der Waals surface area contributed by atoms with Crippen LogP contribution in [0, 0.1) is 46.3 Å². The highest BCUT2D eigenvalue weighted by molar-refractivity contribution is 6.32. The van der Waals surface area contributed by atoms with Crippen LogP contribution in [0.2, 0.25) is 0 Å². The standard InChI is InChI=1S/C39H70N4O3/c1-28(2)11-8-12-29(3)33-15-16-34-32-14-13-30-27-31(17-19-38(30,4)35(32)18-20-39(33,34)5)46-37(45)36(44)43(26-10-22-41)25-7-6-23-42-24-9-21-40/h13,28-29,31-35,42H,6-12,14-27,40-41H2,1-5H3/t29-,31+,32+,33-,34+,35?,38+,39-/m1/s1. The van der Waals surface area contributed by atoms with E-state index in [1.54, 1.807) is 4.90 Å². The molecule has 4 aliphatic rings. The van der Waals surface area contributed by atoms with E-state index in [9.17, 15) is 9.59 Å². The Labute approximate surface area is 281 Å². The number of esters is 1. The molecule has 1 amide bonds. The number of nitrogens with zero attached hydrogens (tertiary/aromatic N) is 1. The molecule has 8 atom stereocenters. The van der Waals surface area contributed by atoms with Gasteiger partial charge >= 0.3 is 11.9 Å². The van der Waals surface area contributed by atoms with Gasteiger partial charge in [-0.25, -0.2) is 4.79 Å². The molecular weight excluding hydrogens is 572 g/mol. The zero-order valence-corrected chi connectivity index (χ0v) is 30.3. The number of carbonyl (C=O) groups is 2. The minimum atomic E-state index is -0.686. The minimum Gasteiger partial charge on any atom is -0.455 e. The van der Waals surface area contributed by atoms with Gasteiger partial charge in [-0.3, -0.25) is 4.79 Å². The number of hydrogen-bond acceptors (Lipinski definition) is 6. The summed E-state index contributed by atoms with van der Waals surface area (Å²) >= 11 is 0. The van der Waals surface area contributed by atoms with Crippen LogP contribution in [0.25, 0.3) is 0 Å². The van der Waals surface area contributed by atoms with Crippen molar-refractivity contribution in [3.63, 3.8) is 0 Å². The Morgan fingerprint density at radius 3 is 2.39 bits per heavy atom. The molecule has 0 radical (unpaired) electrons. The van der Waals surface area contributed by atoms with Crippen molar-refractivity contribution < 1.29 is 14.3 Å². The van der Waals surface area contributed by atoms with Crippen molar-refractivity contribution in [2.24, 2.45) is 57.8 Å². The highest BCUT2D eigenvalue weighted by Gasteiger charge is 2.59. The Bertz CT molecular complexity index is 1020. The number of allylic oxidation sites excluding steroid dienone is 1. The molecule has 264 valence electrons. The number of ether oxygens (including phenoxy) is 1. The smallest absolute Gasteiger partial charge is 0.397 e. The Balaban J connectivity index is 1.32. The first kappa shape index (κ1) is 37.4. The van der Waals surface area contributed by atoms with E-state index in [2.05, 4.69) is 46.0 Å². The summed E-state index contributed by atoms with van der Waals surface area (Å²) in [7, 11) is 0. The van der Waals surface area contributed by atoms with Gasteiger partial charge in [-0.2, -0.15) is 0 Å². The van der Waals surface area contributed by atoms with Gasteiger partial charge < -0.3 is 26.4 Å². The predicted molar refractivity (Wildman–Crippen MR) is 189 cm³/mol. The van der Waals surface area contributed by atoms with E-state index < -0.39 is 11.9 Å². The third-order valence-corrected chi connectivity index (χ3v) is 13.2. The molecule has 0 aliphatic heterocycles. The van der Waals surface area contributed by atoms with E-state index in [1.165, 1.54) is 56.9 Å². The monoisotopic (exact) mass is 643 g/mol. The zero-order valence-electron chi connectivity index (χ0n) is 30.3. The van der Waals surface area contributed by atoms with Gasteiger partial charge in [0.2, 0.25) is 0 Å². The second-order valence-electron chi connectivity index (χ2n) is 16.6. The molecule has 5 N–H and O–H groups in total. The van der Waals surface area contributed by atoms with Crippen LogP contribution in [0.3, 0.4) is 0 Å². The number of carbonyl (C=O) groups excluding carboxylic acids is 2. The number of rotatable bonds is 17. The van der Waals surface area contributed by atoms with Gasteiger partial charge in [0.25, 0.3) is 0 Å². The molecule has 3 saturated carbocycles. The van der Waals surface area contributed by atoms with E-state index in [0.717, 1.165) is 87.1 Å². The summed E-state index contributed by atoms with van der Waals surface area (Å²) in [4.78, 5) is 28.0. The van der Waals surface area contributed by atoms with Crippen LogP contribution in [0.5, 0.6) is 0 Å². The van der Waals surface area contributed by atoms with Gasteiger partial charge in [-0.05, 0) is 143 Å². The average molecular weight is 643 g/mol. The lowest BCUT2D eigenvalue weighted by Crippen LogP contribution is -2.51. The number of nitrogens with one attached hydrogen (secondary N) is 1. The highest BCUT2D eigenvalue weighted by Crippen LogP contribution is 2.67. The first-order valence-electron chi connectivity index (χ1n) is 19.3. The molecule has 4 rings (SSSR count). The van der Waals surface area contributed by atoms with Crippen LogP contribution >= 0.6 is 0 Å². The lowest BCUT2D eigenvalue weighted by molar-refractivity contribution is -0.165. The van der Waals surface area contributed by atoms with Crippen molar-refractivity contribution in [1.29, 1.82) is 0 Å². The molecule has 7 heteroatoms. The van der Waals surface area contributed by atoms with E-state index in [0.29, 0.717) is 38.0 Å². The van der Waals surface area contributed by atoms with Crippen LogP contribution < -0.4 is 16.8 Å². The Morgan fingerprint density at radius 2 is 1.65 bits per heavy atom. The Morgan fingerprint density at radius 1 is 0.913 bits per heavy atom. The second-order valence-corrected chi connectivity index (χ2v) is 16.6. The normalized spacial score (nSPS) is 32.7. The van der Waals surface area contributed by atoms with Gasteiger partial charge in [0.1, 0.15) is 6.10 Å². The van der Waals surface area contributed by atoms with Crippen LogP contribution in [-0.4, -0.2) is 62.1 Å². The van der Waals surface area contributed by atoms with Gasteiger partial charge in [-0.15, -0.1) is 0 Å². The van der Waals surface area contributed by atoms with Crippen LogP contribution in [0.1, 0.15) is 131 Å². The lowest BCUT2D eigenvalue weighted by atomic mass is 9.47. The molecule has 1 unspecified atom stereocenters. The minimum absolute atomic E-state index is 0.198. The number of hydrogen-bond donors (Lipinski definition) is 3. The fourth-order valence-corrected chi connectivity index (χ4v) is 10.6. The van der Waals surface area contributed by atoms with Crippen LogP contribution in [0.15, 0.2) is 11.6 Å². The summed E-state index contributed by atoms with van der Waals surface area (Å²) in [5.74, 6) is 3.68. The fourth-order valence-electron chi connectivity index (χ4n) is 10.6. The molecule has 0 aromatic heterocycles. The number of unbranched alkanes of at least 4 members (excludes halogenated alkanes) is 1. The van der Waals surface area contributed by atoms with Gasteiger partial charge in [0, 0.05) is 19.5 Å². The van der Waals surface area contributed by atoms with Gasteiger partial charge in [-0.1, -0.05) is 65.5 Å². The first-order chi connectivity index (χ1) is 22.0. The number of amides is 1. The van der Waals surface area contributed by atoms with Crippen molar-refractivity contribution in [3.8, 4) is 0 Å². The number of nitrogens with two attached hydrogens (primary N) is 2. The van der Waals surface area contributed by atoms with E-state index in [4.69, 9.17) is 16.2 Å². The van der Waals surface area contributed by atoms with E-state index >= 15 is 0 Å².